The summed E-state index contributed by atoms with van der Waals surface area (Å²) >= 11 is 0. The summed E-state index contributed by atoms with van der Waals surface area (Å²) in [5.41, 5.74) is 0.773. The van der Waals surface area contributed by atoms with E-state index >= 15 is 0 Å². The van der Waals surface area contributed by atoms with Gasteiger partial charge in [-0.2, -0.15) is 0 Å². The van der Waals surface area contributed by atoms with Crippen LogP contribution in [0.4, 0.5) is 0 Å². The maximum atomic E-state index is 11.7. The van der Waals surface area contributed by atoms with Gasteiger partial charge in [-0.1, -0.05) is 20.8 Å². The highest BCUT2D eigenvalue weighted by Crippen LogP contribution is 2.65. The Morgan fingerprint density at radius 3 is 2.44 bits per heavy atom. The van der Waals surface area contributed by atoms with Gasteiger partial charge in [-0.05, 0) is 49.9 Å². The van der Waals surface area contributed by atoms with E-state index in [9.17, 15) is 4.79 Å². The standard InChI is InChI=1S/C15H28N2O/c1-10(2)17-13(18)9-16-12-8-11-6-7-15(12,5)14(11,3)4/h10-12,16H,6-9H2,1-5H3,(H,17,18). The number of fused-ring (bicyclic) bond motifs is 2. The lowest BCUT2D eigenvalue weighted by molar-refractivity contribution is -0.121. The molecule has 0 saturated heterocycles. The molecule has 3 unspecified atom stereocenters. The Morgan fingerprint density at radius 1 is 1.33 bits per heavy atom. The molecule has 2 aliphatic rings. The van der Waals surface area contributed by atoms with Gasteiger partial charge in [0.05, 0.1) is 6.54 Å². The number of hydrogen-bond donors (Lipinski definition) is 2. The summed E-state index contributed by atoms with van der Waals surface area (Å²) in [7, 11) is 0. The number of carbonyl (C=O) groups is 1. The summed E-state index contributed by atoms with van der Waals surface area (Å²) in [6.45, 7) is 11.7. The van der Waals surface area contributed by atoms with E-state index in [0.717, 1.165) is 5.92 Å². The quantitative estimate of drug-likeness (QED) is 0.806. The summed E-state index contributed by atoms with van der Waals surface area (Å²) in [5, 5.41) is 6.44. The molecule has 2 saturated carbocycles. The van der Waals surface area contributed by atoms with Crippen molar-refractivity contribution in [1.29, 1.82) is 0 Å². The molecule has 2 rings (SSSR count). The first-order valence-electron chi connectivity index (χ1n) is 7.30. The molecule has 18 heavy (non-hydrogen) atoms. The van der Waals surface area contributed by atoms with E-state index in [-0.39, 0.29) is 11.9 Å². The van der Waals surface area contributed by atoms with Crippen LogP contribution in [0.25, 0.3) is 0 Å². The number of nitrogens with one attached hydrogen (secondary N) is 2. The second-order valence-corrected chi connectivity index (χ2v) is 7.27. The minimum atomic E-state index is 0.120. The third kappa shape index (κ3) is 2.07. The molecular weight excluding hydrogens is 224 g/mol. The summed E-state index contributed by atoms with van der Waals surface area (Å²) in [6, 6.07) is 0.732. The highest BCUT2D eigenvalue weighted by atomic mass is 16.1. The highest BCUT2D eigenvalue weighted by molar-refractivity contribution is 5.78. The van der Waals surface area contributed by atoms with E-state index in [4.69, 9.17) is 0 Å². The lowest BCUT2D eigenvalue weighted by Crippen LogP contribution is -2.48. The maximum Gasteiger partial charge on any atom is 0.234 e. The Kier molecular flexibility index (Phi) is 3.48. The van der Waals surface area contributed by atoms with E-state index in [1.165, 1.54) is 19.3 Å². The second-order valence-electron chi connectivity index (χ2n) is 7.27. The van der Waals surface area contributed by atoms with Crippen molar-refractivity contribution in [1.82, 2.24) is 10.6 Å². The Balaban J connectivity index is 1.91. The van der Waals surface area contributed by atoms with Crippen LogP contribution in [0, 0.1) is 16.7 Å². The molecule has 0 radical (unpaired) electrons. The van der Waals surface area contributed by atoms with Crippen molar-refractivity contribution in [3.05, 3.63) is 0 Å². The first kappa shape index (κ1) is 13.9. The van der Waals surface area contributed by atoms with Gasteiger partial charge in [0.15, 0.2) is 0 Å². The van der Waals surface area contributed by atoms with Crippen molar-refractivity contribution >= 4 is 5.91 Å². The summed E-state index contributed by atoms with van der Waals surface area (Å²) < 4.78 is 0. The van der Waals surface area contributed by atoms with Crippen molar-refractivity contribution in [3.63, 3.8) is 0 Å². The smallest absolute Gasteiger partial charge is 0.234 e. The van der Waals surface area contributed by atoms with Crippen molar-refractivity contribution in [2.45, 2.75) is 66.0 Å². The first-order chi connectivity index (χ1) is 8.27. The molecule has 3 atom stereocenters. The van der Waals surface area contributed by atoms with Crippen LogP contribution in [0.1, 0.15) is 53.9 Å². The molecule has 2 N–H and O–H groups in total. The van der Waals surface area contributed by atoms with Crippen LogP contribution in [-0.4, -0.2) is 24.5 Å². The van der Waals surface area contributed by atoms with E-state index in [1.807, 2.05) is 13.8 Å². The number of carbonyl (C=O) groups excluding carboxylic acids is 1. The zero-order valence-corrected chi connectivity index (χ0v) is 12.5. The summed E-state index contributed by atoms with van der Waals surface area (Å²) in [5.74, 6) is 0.947. The van der Waals surface area contributed by atoms with Crippen LogP contribution in [0.5, 0.6) is 0 Å². The molecule has 2 aliphatic carbocycles. The van der Waals surface area contributed by atoms with Crippen LogP contribution in [0.15, 0.2) is 0 Å². The largest absolute Gasteiger partial charge is 0.353 e. The van der Waals surface area contributed by atoms with Crippen molar-refractivity contribution in [3.8, 4) is 0 Å². The average Bonchev–Trinajstić information content (AvgIpc) is 2.57. The van der Waals surface area contributed by atoms with Gasteiger partial charge >= 0.3 is 0 Å². The Bertz CT molecular complexity index is 337. The predicted octanol–water partition coefficient (Wildman–Crippen LogP) is 2.32. The summed E-state index contributed by atoms with van der Waals surface area (Å²) in [4.78, 5) is 11.7. The predicted molar refractivity (Wildman–Crippen MR) is 74.3 cm³/mol. The lowest BCUT2D eigenvalue weighted by Gasteiger charge is -2.39. The van der Waals surface area contributed by atoms with Gasteiger partial charge in [0, 0.05) is 12.1 Å². The number of hydrogen-bond acceptors (Lipinski definition) is 2. The van der Waals surface area contributed by atoms with Gasteiger partial charge in [-0.3, -0.25) is 4.79 Å². The van der Waals surface area contributed by atoms with Gasteiger partial charge in [-0.25, -0.2) is 0 Å². The van der Waals surface area contributed by atoms with Gasteiger partial charge in [0.2, 0.25) is 5.91 Å². The molecule has 1 amide bonds. The van der Waals surface area contributed by atoms with Gasteiger partial charge < -0.3 is 10.6 Å². The van der Waals surface area contributed by atoms with E-state index in [0.29, 0.717) is 23.4 Å². The van der Waals surface area contributed by atoms with E-state index < -0.39 is 0 Å². The zero-order chi connectivity index (χ0) is 13.6. The van der Waals surface area contributed by atoms with Gasteiger partial charge in [0.25, 0.3) is 0 Å². The fraction of sp³-hybridized carbons (Fsp3) is 0.933. The normalized spacial score (nSPS) is 37.2. The molecule has 2 bridgehead atoms. The SMILES string of the molecule is CC(C)NC(=O)CNC1CC2CCC1(C)C2(C)C. The molecular formula is C15H28N2O. The molecule has 0 heterocycles. The number of rotatable bonds is 4. The Labute approximate surface area is 111 Å². The minimum absolute atomic E-state index is 0.120. The molecule has 0 aromatic carbocycles. The Morgan fingerprint density at radius 2 is 2.00 bits per heavy atom. The van der Waals surface area contributed by atoms with E-state index in [1.54, 1.807) is 0 Å². The van der Waals surface area contributed by atoms with Crippen molar-refractivity contribution in [2.24, 2.45) is 16.7 Å². The third-order valence-electron chi connectivity index (χ3n) is 5.75. The molecule has 104 valence electrons. The topological polar surface area (TPSA) is 41.1 Å². The Hall–Kier alpha value is -0.570. The molecule has 3 heteroatoms. The molecule has 0 aromatic heterocycles. The molecule has 0 aromatic rings. The van der Waals surface area contributed by atoms with Crippen molar-refractivity contribution < 1.29 is 4.79 Å². The maximum absolute atomic E-state index is 11.7. The molecule has 0 spiro atoms. The average molecular weight is 252 g/mol. The lowest BCUT2D eigenvalue weighted by atomic mass is 9.69. The fourth-order valence-corrected chi connectivity index (χ4v) is 4.10. The zero-order valence-electron chi connectivity index (χ0n) is 12.5. The van der Waals surface area contributed by atoms with Crippen LogP contribution in [0.2, 0.25) is 0 Å². The monoisotopic (exact) mass is 252 g/mol. The first-order valence-corrected chi connectivity index (χ1v) is 7.30. The van der Waals surface area contributed by atoms with Crippen molar-refractivity contribution in [2.75, 3.05) is 6.54 Å². The van der Waals surface area contributed by atoms with E-state index in [2.05, 4.69) is 31.4 Å². The van der Waals surface area contributed by atoms with Crippen LogP contribution in [-0.2, 0) is 4.79 Å². The van der Waals surface area contributed by atoms with Gasteiger partial charge in [-0.15, -0.1) is 0 Å². The van der Waals surface area contributed by atoms with Crippen LogP contribution in [0.3, 0.4) is 0 Å². The fourth-order valence-electron chi connectivity index (χ4n) is 4.10. The summed E-state index contributed by atoms with van der Waals surface area (Å²) in [6.07, 6.45) is 3.90. The minimum Gasteiger partial charge on any atom is -0.353 e. The third-order valence-corrected chi connectivity index (χ3v) is 5.75. The number of amides is 1. The second kappa shape index (κ2) is 4.52. The van der Waals surface area contributed by atoms with Crippen LogP contribution < -0.4 is 10.6 Å². The molecule has 3 nitrogen and oxygen atoms in total. The van der Waals surface area contributed by atoms with Crippen LogP contribution >= 0.6 is 0 Å². The highest BCUT2D eigenvalue weighted by Gasteiger charge is 2.61. The van der Waals surface area contributed by atoms with Gasteiger partial charge in [0.1, 0.15) is 0 Å². The molecule has 2 fully saturated rings. The molecule has 0 aliphatic heterocycles.